The molecular formula is C14H18ClN3O2. The van der Waals surface area contributed by atoms with E-state index in [-0.39, 0.29) is 0 Å². The first-order valence-electron chi connectivity index (χ1n) is 6.62. The number of ether oxygens (including phenoxy) is 2. The third-order valence-electron chi connectivity index (χ3n) is 2.61. The maximum Gasteiger partial charge on any atom is 0.119 e. The summed E-state index contributed by atoms with van der Waals surface area (Å²) in [5.41, 5.74) is 0.768. The molecule has 0 N–H and O–H groups in total. The summed E-state index contributed by atoms with van der Waals surface area (Å²) in [6.07, 6.45) is 2.82. The van der Waals surface area contributed by atoms with Crippen molar-refractivity contribution in [3.8, 4) is 11.5 Å². The second-order valence-electron chi connectivity index (χ2n) is 4.27. The second kappa shape index (κ2) is 7.75. The number of aromatic nitrogens is 3. The fourth-order valence-corrected chi connectivity index (χ4v) is 1.74. The summed E-state index contributed by atoms with van der Waals surface area (Å²) < 4.78 is 12.9. The molecule has 1 aromatic carbocycles. The van der Waals surface area contributed by atoms with Gasteiger partial charge in [-0.2, -0.15) is 0 Å². The monoisotopic (exact) mass is 295 g/mol. The van der Waals surface area contributed by atoms with Crippen LogP contribution in [-0.4, -0.2) is 28.2 Å². The van der Waals surface area contributed by atoms with Gasteiger partial charge in [0.15, 0.2) is 0 Å². The summed E-state index contributed by atoms with van der Waals surface area (Å²) in [5.74, 6) is 2.05. The van der Waals surface area contributed by atoms with Crippen molar-refractivity contribution in [2.75, 3.05) is 13.2 Å². The van der Waals surface area contributed by atoms with E-state index >= 15 is 0 Å². The van der Waals surface area contributed by atoms with Crippen molar-refractivity contribution in [2.45, 2.75) is 25.8 Å². The Balaban J connectivity index is 1.76. The summed E-state index contributed by atoms with van der Waals surface area (Å²) in [5, 5.41) is 7.86. The Bertz CT molecular complexity index is 513. The molecule has 0 amide bonds. The van der Waals surface area contributed by atoms with E-state index in [1.54, 1.807) is 4.68 Å². The van der Waals surface area contributed by atoms with Crippen LogP contribution in [0.1, 0.15) is 19.0 Å². The minimum atomic E-state index is 0.375. The highest BCUT2D eigenvalue weighted by molar-refractivity contribution is 6.16. The van der Waals surface area contributed by atoms with E-state index < -0.39 is 0 Å². The smallest absolute Gasteiger partial charge is 0.119 e. The number of alkyl halides is 1. The summed E-state index contributed by atoms with van der Waals surface area (Å²) in [7, 11) is 0. The van der Waals surface area contributed by atoms with E-state index in [1.807, 2.05) is 30.5 Å². The molecule has 20 heavy (non-hydrogen) atoms. The Morgan fingerprint density at radius 1 is 1.10 bits per heavy atom. The van der Waals surface area contributed by atoms with Crippen LogP contribution in [0, 0.1) is 0 Å². The van der Waals surface area contributed by atoms with Gasteiger partial charge in [0.1, 0.15) is 18.1 Å². The molecule has 0 radical (unpaired) electrons. The van der Waals surface area contributed by atoms with Crippen LogP contribution >= 0.6 is 11.6 Å². The topological polar surface area (TPSA) is 49.2 Å². The molecule has 0 saturated carbocycles. The third kappa shape index (κ3) is 4.42. The van der Waals surface area contributed by atoms with Crippen molar-refractivity contribution >= 4 is 11.6 Å². The number of hydrogen-bond donors (Lipinski definition) is 0. The molecule has 0 unspecified atom stereocenters. The van der Waals surface area contributed by atoms with Gasteiger partial charge in [-0.15, -0.1) is 16.7 Å². The van der Waals surface area contributed by atoms with Gasteiger partial charge >= 0.3 is 0 Å². The van der Waals surface area contributed by atoms with Crippen molar-refractivity contribution in [3.05, 3.63) is 36.2 Å². The van der Waals surface area contributed by atoms with Gasteiger partial charge in [0.25, 0.3) is 0 Å². The standard InChI is InChI=1S/C14H18ClN3O2/c1-2-8-19-13-3-5-14(6-4-13)20-9-7-18-11-12(10-15)16-17-18/h3-6,11H,2,7-10H2,1H3. The highest BCUT2D eigenvalue weighted by atomic mass is 35.5. The van der Waals surface area contributed by atoms with E-state index in [4.69, 9.17) is 21.1 Å². The van der Waals surface area contributed by atoms with E-state index in [2.05, 4.69) is 17.2 Å². The predicted octanol–water partition coefficient (Wildman–Crippen LogP) is 2.88. The number of rotatable bonds is 8. The Morgan fingerprint density at radius 2 is 1.75 bits per heavy atom. The number of halogens is 1. The lowest BCUT2D eigenvalue weighted by Gasteiger charge is -2.08. The predicted molar refractivity (Wildman–Crippen MR) is 77.3 cm³/mol. The lowest BCUT2D eigenvalue weighted by atomic mass is 10.3. The minimum Gasteiger partial charge on any atom is -0.494 e. The Hall–Kier alpha value is -1.75. The van der Waals surface area contributed by atoms with E-state index in [0.29, 0.717) is 19.0 Å². The highest BCUT2D eigenvalue weighted by Crippen LogP contribution is 2.17. The molecule has 0 bridgehead atoms. The minimum absolute atomic E-state index is 0.375. The quantitative estimate of drug-likeness (QED) is 0.703. The number of benzene rings is 1. The molecular weight excluding hydrogens is 278 g/mol. The molecule has 0 aliphatic rings. The van der Waals surface area contributed by atoms with Crippen molar-refractivity contribution in [3.63, 3.8) is 0 Å². The molecule has 108 valence electrons. The molecule has 6 heteroatoms. The largest absolute Gasteiger partial charge is 0.494 e. The first kappa shape index (κ1) is 14.7. The normalized spacial score (nSPS) is 10.5. The molecule has 1 heterocycles. The maximum atomic E-state index is 5.66. The molecule has 0 atom stereocenters. The van der Waals surface area contributed by atoms with Crippen LogP contribution in [0.25, 0.3) is 0 Å². The molecule has 0 aliphatic heterocycles. The molecule has 5 nitrogen and oxygen atoms in total. The van der Waals surface area contributed by atoms with Crippen LogP contribution in [0.5, 0.6) is 11.5 Å². The van der Waals surface area contributed by atoms with Crippen LogP contribution in [0.2, 0.25) is 0 Å². The highest BCUT2D eigenvalue weighted by Gasteiger charge is 2.00. The molecule has 2 aromatic rings. The first-order chi connectivity index (χ1) is 9.81. The second-order valence-corrected chi connectivity index (χ2v) is 4.54. The van der Waals surface area contributed by atoms with Gasteiger partial charge in [-0.05, 0) is 30.7 Å². The van der Waals surface area contributed by atoms with Crippen LogP contribution in [0.15, 0.2) is 30.5 Å². The molecule has 1 aromatic heterocycles. The third-order valence-corrected chi connectivity index (χ3v) is 2.88. The summed E-state index contributed by atoms with van der Waals surface area (Å²) in [4.78, 5) is 0. The molecule has 0 spiro atoms. The summed E-state index contributed by atoms with van der Waals surface area (Å²) in [6, 6.07) is 7.62. The number of nitrogens with zero attached hydrogens (tertiary/aromatic N) is 3. The average Bonchev–Trinajstić information content (AvgIpc) is 2.94. The Morgan fingerprint density at radius 3 is 2.30 bits per heavy atom. The fraction of sp³-hybridized carbons (Fsp3) is 0.429. The molecule has 0 aliphatic carbocycles. The fourth-order valence-electron chi connectivity index (χ4n) is 1.62. The zero-order valence-corrected chi connectivity index (χ0v) is 12.2. The van der Waals surface area contributed by atoms with Gasteiger partial charge in [0.2, 0.25) is 0 Å². The van der Waals surface area contributed by atoms with Gasteiger partial charge in [-0.1, -0.05) is 12.1 Å². The van der Waals surface area contributed by atoms with Crippen molar-refractivity contribution in [1.29, 1.82) is 0 Å². The van der Waals surface area contributed by atoms with Crippen molar-refractivity contribution in [2.24, 2.45) is 0 Å². The van der Waals surface area contributed by atoms with E-state index in [1.165, 1.54) is 0 Å². The van der Waals surface area contributed by atoms with Gasteiger partial charge in [-0.3, -0.25) is 0 Å². The lowest BCUT2D eigenvalue weighted by molar-refractivity contribution is 0.287. The summed E-state index contributed by atoms with van der Waals surface area (Å²) in [6.45, 7) is 3.98. The Kier molecular flexibility index (Phi) is 5.68. The van der Waals surface area contributed by atoms with Gasteiger partial charge < -0.3 is 9.47 Å². The molecule has 2 rings (SSSR count). The zero-order chi connectivity index (χ0) is 14.2. The van der Waals surface area contributed by atoms with Gasteiger partial charge in [0, 0.05) is 6.20 Å². The zero-order valence-electron chi connectivity index (χ0n) is 11.5. The SMILES string of the molecule is CCCOc1ccc(OCCn2cc(CCl)nn2)cc1. The van der Waals surface area contributed by atoms with Crippen LogP contribution in [0.3, 0.4) is 0 Å². The van der Waals surface area contributed by atoms with Crippen molar-refractivity contribution < 1.29 is 9.47 Å². The average molecular weight is 296 g/mol. The molecule has 0 saturated heterocycles. The van der Waals surface area contributed by atoms with Crippen LogP contribution in [-0.2, 0) is 12.4 Å². The maximum absolute atomic E-state index is 5.66. The van der Waals surface area contributed by atoms with E-state index in [9.17, 15) is 0 Å². The molecule has 0 fully saturated rings. The lowest BCUT2D eigenvalue weighted by Crippen LogP contribution is -2.08. The number of hydrogen-bond acceptors (Lipinski definition) is 4. The first-order valence-corrected chi connectivity index (χ1v) is 7.16. The summed E-state index contributed by atoms with van der Waals surface area (Å²) >= 11 is 5.66. The van der Waals surface area contributed by atoms with Crippen LogP contribution in [0.4, 0.5) is 0 Å². The van der Waals surface area contributed by atoms with E-state index in [0.717, 1.165) is 30.2 Å². The van der Waals surface area contributed by atoms with Crippen LogP contribution < -0.4 is 9.47 Å². The van der Waals surface area contributed by atoms with Gasteiger partial charge in [-0.25, -0.2) is 4.68 Å². The Labute approximate surface area is 123 Å². The van der Waals surface area contributed by atoms with Crippen molar-refractivity contribution in [1.82, 2.24) is 15.0 Å². The van der Waals surface area contributed by atoms with Gasteiger partial charge in [0.05, 0.1) is 24.7 Å².